The largest absolute Gasteiger partial charge is 0.444 e. The van der Waals surface area contributed by atoms with Crippen LogP contribution in [0, 0.1) is 12.7 Å². The zero-order valence-electron chi connectivity index (χ0n) is 16.6. The SMILES string of the molecule is Cc1cc(-c2ncccn2)cn(-c2ccc(F)c(NC(=O)OC(C)(C)C)c2)c1=O. The van der Waals surface area contributed by atoms with Crippen LogP contribution in [0.15, 0.2) is 53.7 Å². The van der Waals surface area contributed by atoms with Crippen molar-refractivity contribution in [1.82, 2.24) is 14.5 Å². The van der Waals surface area contributed by atoms with E-state index in [0.717, 1.165) is 0 Å². The quantitative estimate of drug-likeness (QED) is 0.721. The average molecular weight is 396 g/mol. The molecule has 0 atom stereocenters. The van der Waals surface area contributed by atoms with Gasteiger partial charge in [-0.1, -0.05) is 0 Å². The van der Waals surface area contributed by atoms with Crippen LogP contribution in [-0.2, 0) is 4.74 Å². The lowest BCUT2D eigenvalue weighted by atomic mass is 10.2. The molecule has 0 saturated carbocycles. The van der Waals surface area contributed by atoms with E-state index >= 15 is 0 Å². The second-order valence-electron chi connectivity index (χ2n) is 7.45. The van der Waals surface area contributed by atoms with Gasteiger partial charge in [-0.25, -0.2) is 19.2 Å². The number of nitrogens with one attached hydrogen (secondary N) is 1. The molecule has 0 aliphatic carbocycles. The van der Waals surface area contributed by atoms with E-state index in [-0.39, 0.29) is 11.2 Å². The molecule has 0 fully saturated rings. The van der Waals surface area contributed by atoms with Crippen molar-refractivity contribution < 1.29 is 13.9 Å². The Morgan fingerprint density at radius 2 is 1.86 bits per heavy atom. The number of carbonyl (C=O) groups excluding carboxylic acids is 1. The van der Waals surface area contributed by atoms with Crippen LogP contribution in [0.3, 0.4) is 0 Å². The molecule has 0 radical (unpaired) electrons. The molecule has 0 bridgehead atoms. The van der Waals surface area contributed by atoms with E-state index in [2.05, 4.69) is 15.3 Å². The first kappa shape index (κ1) is 20.2. The Bertz CT molecular complexity index is 1110. The summed E-state index contributed by atoms with van der Waals surface area (Å²) < 4.78 is 20.7. The fourth-order valence-electron chi connectivity index (χ4n) is 2.65. The number of anilines is 1. The van der Waals surface area contributed by atoms with E-state index in [1.165, 1.54) is 22.8 Å². The van der Waals surface area contributed by atoms with Gasteiger partial charge >= 0.3 is 6.09 Å². The van der Waals surface area contributed by atoms with Crippen molar-refractivity contribution in [2.75, 3.05) is 5.32 Å². The van der Waals surface area contributed by atoms with Gasteiger partial charge in [0, 0.05) is 29.7 Å². The van der Waals surface area contributed by atoms with Crippen molar-refractivity contribution in [2.45, 2.75) is 33.3 Å². The molecule has 1 N–H and O–H groups in total. The standard InChI is InChI=1S/C21H21FN4O3/c1-13-10-14(18-23-8-5-9-24-18)12-26(19(13)27)15-6-7-16(22)17(11-15)25-20(28)29-21(2,3)4/h5-12H,1-4H3,(H,25,28). The predicted molar refractivity (Wildman–Crippen MR) is 108 cm³/mol. The Balaban J connectivity index is 2.02. The van der Waals surface area contributed by atoms with Gasteiger partial charge in [0.05, 0.1) is 11.4 Å². The number of amides is 1. The van der Waals surface area contributed by atoms with E-state index in [0.29, 0.717) is 22.6 Å². The molecule has 8 heteroatoms. The number of rotatable bonds is 3. The highest BCUT2D eigenvalue weighted by molar-refractivity contribution is 5.85. The van der Waals surface area contributed by atoms with Crippen molar-refractivity contribution in [3.63, 3.8) is 0 Å². The van der Waals surface area contributed by atoms with Crippen molar-refractivity contribution >= 4 is 11.8 Å². The van der Waals surface area contributed by atoms with Crippen molar-refractivity contribution in [3.05, 3.63) is 70.7 Å². The molecule has 3 rings (SSSR count). The summed E-state index contributed by atoms with van der Waals surface area (Å²) in [5.74, 6) is -0.189. The summed E-state index contributed by atoms with van der Waals surface area (Å²) in [5.41, 5.74) is 0.385. The molecule has 0 aliphatic rings. The number of carbonyl (C=O) groups is 1. The Morgan fingerprint density at radius 1 is 1.17 bits per heavy atom. The van der Waals surface area contributed by atoms with Crippen LogP contribution in [0.4, 0.5) is 14.9 Å². The number of hydrogen-bond acceptors (Lipinski definition) is 5. The monoisotopic (exact) mass is 396 g/mol. The third-order valence-corrected chi connectivity index (χ3v) is 3.88. The molecule has 0 aliphatic heterocycles. The van der Waals surface area contributed by atoms with Crippen LogP contribution in [-0.4, -0.2) is 26.2 Å². The molecule has 0 spiro atoms. The first-order valence-electron chi connectivity index (χ1n) is 8.95. The number of nitrogens with zero attached hydrogens (tertiary/aromatic N) is 3. The first-order valence-corrected chi connectivity index (χ1v) is 8.95. The van der Waals surface area contributed by atoms with Gasteiger partial charge in [-0.05, 0) is 58.0 Å². The maximum atomic E-state index is 14.2. The van der Waals surface area contributed by atoms with Crippen molar-refractivity contribution in [2.24, 2.45) is 0 Å². The maximum absolute atomic E-state index is 14.2. The average Bonchev–Trinajstić information content (AvgIpc) is 2.65. The van der Waals surface area contributed by atoms with Gasteiger partial charge in [0.25, 0.3) is 5.56 Å². The van der Waals surface area contributed by atoms with Gasteiger partial charge in [0.15, 0.2) is 5.82 Å². The Kier molecular flexibility index (Phi) is 5.45. The van der Waals surface area contributed by atoms with E-state index in [1.54, 1.807) is 58.4 Å². The van der Waals surface area contributed by atoms with Crippen LogP contribution >= 0.6 is 0 Å². The summed E-state index contributed by atoms with van der Waals surface area (Å²) in [6.07, 6.45) is 4.00. The molecular weight excluding hydrogens is 375 g/mol. The second-order valence-corrected chi connectivity index (χ2v) is 7.45. The van der Waals surface area contributed by atoms with E-state index in [1.807, 2.05) is 0 Å². The zero-order chi connectivity index (χ0) is 21.2. The number of aryl methyl sites for hydroxylation is 1. The van der Waals surface area contributed by atoms with Gasteiger partial charge in [-0.2, -0.15) is 0 Å². The Hall–Kier alpha value is -3.55. The fourth-order valence-corrected chi connectivity index (χ4v) is 2.65. The summed E-state index contributed by atoms with van der Waals surface area (Å²) in [4.78, 5) is 33.1. The van der Waals surface area contributed by atoms with Crippen LogP contribution < -0.4 is 10.9 Å². The number of ether oxygens (including phenoxy) is 1. The fraction of sp³-hybridized carbons (Fsp3) is 0.238. The minimum atomic E-state index is -0.788. The lowest BCUT2D eigenvalue weighted by Crippen LogP contribution is -2.27. The minimum absolute atomic E-state index is 0.0948. The predicted octanol–water partition coefficient (Wildman–Crippen LogP) is 4.09. The number of pyridine rings is 1. The lowest BCUT2D eigenvalue weighted by molar-refractivity contribution is 0.0635. The summed E-state index contributed by atoms with van der Waals surface area (Å²) in [5, 5.41) is 2.38. The lowest BCUT2D eigenvalue weighted by Gasteiger charge is -2.20. The highest BCUT2D eigenvalue weighted by Crippen LogP contribution is 2.21. The van der Waals surface area contributed by atoms with Crippen LogP contribution in [0.1, 0.15) is 26.3 Å². The van der Waals surface area contributed by atoms with Gasteiger partial charge in [0.1, 0.15) is 11.4 Å². The van der Waals surface area contributed by atoms with E-state index in [9.17, 15) is 14.0 Å². The molecule has 0 unspecified atom stereocenters. The summed E-state index contributed by atoms with van der Waals surface area (Å²) in [6.45, 7) is 6.80. The Labute approximate surface area is 167 Å². The summed E-state index contributed by atoms with van der Waals surface area (Å²) >= 11 is 0. The first-order chi connectivity index (χ1) is 13.6. The number of halogens is 1. The molecule has 3 aromatic rings. The maximum Gasteiger partial charge on any atom is 0.412 e. The Morgan fingerprint density at radius 3 is 2.52 bits per heavy atom. The third kappa shape index (κ3) is 4.84. The zero-order valence-corrected chi connectivity index (χ0v) is 16.6. The topological polar surface area (TPSA) is 86.1 Å². The molecular formula is C21H21FN4O3. The number of aromatic nitrogens is 3. The highest BCUT2D eigenvalue weighted by Gasteiger charge is 2.18. The van der Waals surface area contributed by atoms with Gasteiger partial charge in [-0.3, -0.25) is 14.7 Å². The molecule has 7 nitrogen and oxygen atoms in total. The second kappa shape index (κ2) is 7.83. The number of benzene rings is 1. The van der Waals surface area contributed by atoms with Gasteiger partial charge in [0.2, 0.25) is 0 Å². The van der Waals surface area contributed by atoms with Crippen LogP contribution in [0.25, 0.3) is 17.1 Å². The minimum Gasteiger partial charge on any atom is -0.444 e. The van der Waals surface area contributed by atoms with E-state index in [4.69, 9.17) is 4.74 Å². The molecule has 2 heterocycles. The summed E-state index contributed by atoms with van der Waals surface area (Å²) in [6, 6.07) is 7.38. The molecule has 0 saturated heterocycles. The molecule has 29 heavy (non-hydrogen) atoms. The van der Waals surface area contributed by atoms with Gasteiger partial charge < -0.3 is 4.74 Å². The normalized spacial score (nSPS) is 11.2. The molecule has 1 amide bonds. The van der Waals surface area contributed by atoms with Crippen molar-refractivity contribution in [1.29, 1.82) is 0 Å². The van der Waals surface area contributed by atoms with Crippen LogP contribution in [0.2, 0.25) is 0 Å². The third-order valence-electron chi connectivity index (χ3n) is 3.88. The van der Waals surface area contributed by atoms with E-state index < -0.39 is 17.5 Å². The van der Waals surface area contributed by atoms with Gasteiger partial charge in [-0.15, -0.1) is 0 Å². The smallest absolute Gasteiger partial charge is 0.412 e. The molecule has 1 aromatic carbocycles. The highest BCUT2D eigenvalue weighted by atomic mass is 19.1. The van der Waals surface area contributed by atoms with Crippen molar-refractivity contribution in [3.8, 4) is 17.1 Å². The van der Waals surface area contributed by atoms with Crippen LogP contribution in [0.5, 0.6) is 0 Å². The summed E-state index contributed by atoms with van der Waals surface area (Å²) in [7, 11) is 0. The number of hydrogen-bond donors (Lipinski definition) is 1. The molecule has 2 aromatic heterocycles. The molecule has 150 valence electrons.